The summed E-state index contributed by atoms with van der Waals surface area (Å²) in [5.41, 5.74) is 0. The first-order valence-electron chi connectivity index (χ1n) is 5.96. The van der Waals surface area contributed by atoms with Crippen molar-refractivity contribution < 1.29 is 4.79 Å². The van der Waals surface area contributed by atoms with Crippen LogP contribution in [-0.4, -0.2) is 29.2 Å². The van der Waals surface area contributed by atoms with Crippen molar-refractivity contribution in [3.8, 4) is 0 Å². The molecule has 1 amide bonds. The van der Waals surface area contributed by atoms with Crippen molar-refractivity contribution in [3.05, 3.63) is 0 Å². The summed E-state index contributed by atoms with van der Waals surface area (Å²) in [7, 11) is 1.88. The number of unbranched alkanes of at least 4 members (excludes halogenated alkanes) is 4. The molecule has 0 radical (unpaired) electrons. The van der Waals surface area contributed by atoms with E-state index < -0.39 is 0 Å². The molecule has 90 valence electrons. The smallest absolute Gasteiger partial charge is 0.222 e. The summed E-state index contributed by atoms with van der Waals surface area (Å²) >= 11 is 3.45. The van der Waals surface area contributed by atoms with Gasteiger partial charge in [0.2, 0.25) is 5.91 Å². The van der Waals surface area contributed by atoms with E-state index in [-0.39, 0.29) is 5.91 Å². The Bertz CT molecular complexity index is 171. The summed E-state index contributed by atoms with van der Waals surface area (Å²) in [6, 6.07) is 0. The summed E-state index contributed by atoms with van der Waals surface area (Å²) < 4.78 is 0. The highest BCUT2D eigenvalue weighted by molar-refractivity contribution is 9.09. The van der Waals surface area contributed by atoms with Gasteiger partial charge in [-0.25, -0.2) is 0 Å². The minimum Gasteiger partial charge on any atom is -0.345 e. The predicted molar refractivity (Wildman–Crippen MR) is 69.4 cm³/mol. The summed E-state index contributed by atoms with van der Waals surface area (Å²) in [6.45, 7) is 5.06. The fourth-order valence-electron chi connectivity index (χ4n) is 1.55. The van der Waals surface area contributed by atoms with Crippen LogP contribution in [0, 0.1) is 0 Å². The van der Waals surface area contributed by atoms with Gasteiger partial charge in [-0.3, -0.25) is 4.79 Å². The second kappa shape index (κ2) is 9.20. The van der Waals surface area contributed by atoms with Gasteiger partial charge < -0.3 is 4.90 Å². The Morgan fingerprint density at radius 1 is 1.27 bits per heavy atom. The molecule has 3 heteroatoms. The molecule has 0 rings (SSSR count). The lowest BCUT2D eigenvalue weighted by molar-refractivity contribution is -0.129. The van der Waals surface area contributed by atoms with Gasteiger partial charge in [-0.1, -0.05) is 55.5 Å². The van der Waals surface area contributed by atoms with Gasteiger partial charge in [0.15, 0.2) is 0 Å². The van der Waals surface area contributed by atoms with Crippen molar-refractivity contribution in [2.45, 2.75) is 57.2 Å². The Morgan fingerprint density at radius 2 is 1.87 bits per heavy atom. The fourth-order valence-corrected chi connectivity index (χ4v) is 1.98. The number of alkyl halides is 1. The van der Waals surface area contributed by atoms with Gasteiger partial charge in [0, 0.05) is 24.8 Å². The van der Waals surface area contributed by atoms with E-state index in [9.17, 15) is 4.79 Å². The SMILES string of the molecule is CCCCCCCC(=O)N(C)CC(C)Br. The third kappa shape index (κ3) is 8.91. The van der Waals surface area contributed by atoms with Gasteiger partial charge in [0.05, 0.1) is 0 Å². The summed E-state index contributed by atoms with van der Waals surface area (Å²) in [6.07, 6.45) is 6.76. The number of carbonyl (C=O) groups excluding carboxylic acids is 1. The minimum absolute atomic E-state index is 0.276. The van der Waals surface area contributed by atoms with Crippen LogP contribution in [0.2, 0.25) is 0 Å². The average molecular weight is 278 g/mol. The minimum atomic E-state index is 0.276. The van der Waals surface area contributed by atoms with Gasteiger partial charge >= 0.3 is 0 Å². The number of amides is 1. The molecule has 0 saturated heterocycles. The Morgan fingerprint density at radius 3 is 2.40 bits per heavy atom. The largest absolute Gasteiger partial charge is 0.345 e. The van der Waals surface area contributed by atoms with Crippen molar-refractivity contribution in [3.63, 3.8) is 0 Å². The van der Waals surface area contributed by atoms with Crippen LogP contribution in [0.5, 0.6) is 0 Å². The molecular weight excluding hydrogens is 254 g/mol. The standard InChI is InChI=1S/C12H24BrNO/c1-4-5-6-7-8-9-12(15)14(3)10-11(2)13/h11H,4-10H2,1-3H3. The first-order chi connectivity index (χ1) is 7.07. The normalized spacial score (nSPS) is 12.5. The molecule has 0 saturated carbocycles. The molecule has 0 heterocycles. The van der Waals surface area contributed by atoms with Crippen molar-refractivity contribution in [2.24, 2.45) is 0 Å². The lowest BCUT2D eigenvalue weighted by Crippen LogP contribution is -2.30. The molecule has 1 unspecified atom stereocenters. The molecule has 0 aliphatic carbocycles. The van der Waals surface area contributed by atoms with Crippen molar-refractivity contribution in [1.29, 1.82) is 0 Å². The fraction of sp³-hybridized carbons (Fsp3) is 0.917. The van der Waals surface area contributed by atoms with Crippen LogP contribution in [0.4, 0.5) is 0 Å². The van der Waals surface area contributed by atoms with Crippen molar-refractivity contribution in [2.75, 3.05) is 13.6 Å². The van der Waals surface area contributed by atoms with E-state index in [4.69, 9.17) is 0 Å². The van der Waals surface area contributed by atoms with Crippen LogP contribution in [-0.2, 0) is 4.79 Å². The molecule has 0 bridgehead atoms. The van der Waals surface area contributed by atoms with Gasteiger partial charge in [0.25, 0.3) is 0 Å². The lowest BCUT2D eigenvalue weighted by Gasteiger charge is -2.18. The van der Waals surface area contributed by atoms with Gasteiger partial charge in [-0.05, 0) is 6.42 Å². The number of hydrogen-bond acceptors (Lipinski definition) is 1. The highest BCUT2D eigenvalue weighted by Crippen LogP contribution is 2.07. The highest BCUT2D eigenvalue weighted by atomic mass is 79.9. The van der Waals surface area contributed by atoms with Crippen LogP contribution < -0.4 is 0 Å². The van der Waals surface area contributed by atoms with Crippen LogP contribution in [0.1, 0.15) is 52.4 Å². The van der Waals surface area contributed by atoms with E-state index in [0.29, 0.717) is 11.2 Å². The van der Waals surface area contributed by atoms with E-state index in [1.54, 1.807) is 0 Å². The molecule has 2 nitrogen and oxygen atoms in total. The molecule has 15 heavy (non-hydrogen) atoms. The molecule has 0 aromatic heterocycles. The van der Waals surface area contributed by atoms with Crippen molar-refractivity contribution >= 4 is 21.8 Å². The number of nitrogens with zero attached hydrogens (tertiary/aromatic N) is 1. The van der Waals surface area contributed by atoms with Crippen LogP contribution >= 0.6 is 15.9 Å². The molecule has 0 aromatic carbocycles. The zero-order valence-corrected chi connectivity index (χ0v) is 11.8. The van der Waals surface area contributed by atoms with Crippen LogP contribution in [0.25, 0.3) is 0 Å². The quantitative estimate of drug-likeness (QED) is 0.491. The molecule has 0 fully saturated rings. The predicted octanol–water partition coefficient (Wildman–Crippen LogP) is 3.59. The van der Waals surface area contributed by atoms with Gasteiger partial charge in [0.1, 0.15) is 0 Å². The number of halogens is 1. The zero-order valence-electron chi connectivity index (χ0n) is 10.3. The Hall–Kier alpha value is -0.0500. The summed E-state index contributed by atoms with van der Waals surface area (Å²) in [4.78, 5) is 13.8. The van der Waals surface area contributed by atoms with E-state index in [1.807, 2.05) is 11.9 Å². The molecule has 0 spiro atoms. The first kappa shape index (κ1) is 14.9. The van der Waals surface area contributed by atoms with Crippen LogP contribution in [0.15, 0.2) is 0 Å². The Balaban J connectivity index is 3.47. The molecule has 0 aliphatic heterocycles. The van der Waals surface area contributed by atoms with Gasteiger partial charge in [-0.2, -0.15) is 0 Å². The zero-order chi connectivity index (χ0) is 11.7. The molecular formula is C12H24BrNO. The molecule has 0 N–H and O–H groups in total. The first-order valence-corrected chi connectivity index (χ1v) is 6.87. The van der Waals surface area contributed by atoms with Crippen LogP contribution in [0.3, 0.4) is 0 Å². The number of hydrogen-bond donors (Lipinski definition) is 0. The van der Waals surface area contributed by atoms with E-state index in [1.165, 1.54) is 25.7 Å². The van der Waals surface area contributed by atoms with Gasteiger partial charge in [-0.15, -0.1) is 0 Å². The van der Waals surface area contributed by atoms with Crippen molar-refractivity contribution in [1.82, 2.24) is 4.90 Å². The maximum Gasteiger partial charge on any atom is 0.222 e. The van der Waals surface area contributed by atoms with E-state index in [0.717, 1.165) is 13.0 Å². The summed E-state index contributed by atoms with van der Waals surface area (Å²) in [5, 5.41) is 0. The number of rotatable bonds is 8. The molecule has 0 aromatic rings. The third-order valence-corrected chi connectivity index (χ3v) is 2.73. The highest BCUT2D eigenvalue weighted by Gasteiger charge is 2.09. The van der Waals surface area contributed by atoms with E-state index in [2.05, 4.69) is 29.8 Å². The van der Waals surface area contributed by atoms with E-state index >= 15 is 0 Å². The second-order valence-corrected chi connectivity index (χ2v) is 5.78. The monoisotopic (exact) mass is 277 g/mol. The molecule has 0 aliphatic rings. The Kier molecular flexibility index (Phi) is 9.17. The lowest BCUT2D eigenvalue weighted by atomic mass is 10.1. The summed E-state index contributed by atoms with van der Waals surface area (Å²) in [5.74, 6) is 0.276. The maximum atomic E-state index is 11.6. The average Bonchev–Trinajstić information content (AvgIpc) is 2.16. The Labute approximate surface area is 103 Å². The maximum absolute atomic E-state index is 11.6. The number of carbonyl (C=O) groups is 1. The topological polar surface area (TPSA) is 20.3 Å². The third-order valence-electron chi connectivity index (χ3n) is 2.45. The second-order valence-electron chi connectivity index (χ2n) is 4.22. The molecule has 1 atom stereocenters.